The van der Waals surface area contributed by atoms with Gasteiger partial charge in [0.2, 0.25) is 11.8 Å². The van der Waals surface area contributed by atoms with E-state index in [-0.39, 0.29) is 5.78 Å². The summed E-state index contributed by atoms with van der Waals surface area (Å²) < 4.78 is 0. The summed E-state index contributed by atoms with van der Waals surface area (Å²) >= 11 is 11.8. The maximum absolute atomic E-state index is 11.9. The Kier molecular flexibility index (Phi) is 5.95. The van der Waals surface area contributed by atoms with Crippen LogP contribution in [0.4, 0.5) is 11.4 Å². The number of anilines is 2. The van der Waals surface area contributed by atoms with E-state index in [2.05, 4.69) is 10.6 Å². The van der Waals surface area contributed by atoms with Crippen molar-refractivity contribution in [1.82, 2.24) is 0 Å². The molecule has 2 aromatic rings. The summed E-state index contributed by atoms with van der Waals surface area (Å²) in [6.45, 7) is 1.43. The van der Waals surface area contributed by atoms with E-state index < -0.39 is 18.2 Å². The summed E-state index contributed by atoms with van der Waals surface area (Å²) in [7, 11) is 0. The molecule has 5 nitrogen and oxygen atoms in total. The number of amides is 2. The van der Waals surface area contributed by atoms with Gasteiger partial charge in [0.25, 0.3) is 0 Å². The van der Waals surface area contributed by atoms with Gasteiger partial charge in [-0.2, -0.15) is 0 Å². The van der Waals surface area contributed by atoms with Crippen molar-refractivity contribution in [3.8, 4) is 0 Å². The Morgan fingerprint density at radius 1 is 0.958 bits per heavy atom. The Morgan fingerprint density at radius 3 is 2.38 bits per heavy atom. The monoisotopic (exact) mass is 364 g/mol. The van der Waals surface area contributed by atoms with Crippen molar-refractivity contribution >= 4 is 52.2 Å². The standard InChI is InChI=1S/C17H14Cl2N2O3/c1-10(22)11-3-2-4-13(7-11)20-16(23)9-17(24)21-15-8-12(18)5-6-14(15)19/h2-8H,9H2,1H3,(H,20,23)(H,21,24). The molecule has 24 heavy (non-hydrogen) atoms. The third-order valence-electron chi connectivity index (χ3n) is 3.08. The quantitative estimate of drug-likeness (QED) is 0.617. The molecule has 7 heteroatoms. The van der Waals surface area contributed by atoms with E-state index in [1.54, 1.807) is 36.4 Å². The van der Waals surface area contributed by atoms with Crippen LogP contribution in [0, 0.1) is 0 Å². The first kappa shape index (κ1) is 18.0. The largest absolute Gasteiger partial charge is 0.326 e. The number of hydrogen-bond donors (Lipinski definition) is 2. The van der Waals surface area contributed by atoms with Crippen LogP contribution in [0.5, 0.6) is 0 Å². The number of halogens is 2. The Morgan fingerprint density at radius 2 is 1.67 bits per heavy atom. The van der Waals surface area contributed by atoms with Crippen molar-refractivity contribution in [3.05, 3.63) is 58.1 Å². The predicted molar refractivity (Wildman–Crippen MR) is 94.8 cm³/mol. The van der Waals surface area contributed by atoms with Gasteiger partial charge in [-0.05, 0) is 37.3 Å². The van der Waals surface area contributed by atoms with Gasteiger partial charge in [0.05, 0.1) is 10.7 Å². The summed E-state index contributed by atoms with van der Waals surface area (Å²) in [5.74, 6) is -1.15. The highest BCUT2D eigenvalue weighted by Gasteiger charge is 2.12. The molecule has 0 saturated heterocycles. The lowest BCUT2D eigenvalue weighted by molar-refractivity contribution is -0.123. The van der Waals surface area contributed by atoms with E-state index in [0.717, 1.165) is 0 Å². The molecule has 0 unspecified atom stereocenters. The van der Waals surface area contributed by atoms with Crippen LogP contribution in [0.1, 0.15) is 23.7 Å². The van der Waals surface area contributed by atoms with Gasteiger partial charge in [0, 0.05) is 16.3 Å². The van der Waals surface area contributed by atoms with Crippen molar-refractivity contribution in [1.29, 1.82) is 0 Å². The van der Waals surface area contributed by atoms with E-state index in [1.807, 2.05) is 0 Å². The third kappa shape index (κ3) is 5.08. The van der Waals surface area contributed by atoms with Gasteiger partial charge in [-0.1, -0.05) is 35.3 Å². The molecule has 0 aliphatic rings. The molecule has 0 fully saturated rings. The zero-order valence-electron chi connectivity index (χ0n) is 12.7. The van der Waals surface area contributed by atoms with Crippen LogP contribution in [0.3, 0.4) is 0 Å². The second-order valence-corrected chi connectivity index (χ2v) is 5.88. The molecule has 2 aromatic carbocycles. The smallest absolute Gasteiger partial charge is 0.233 e. The number of carbonyl (C=O) groups is 3. The molecule has 0 aliphatic heterocycles. The number of ketones is 1. The van der Waals surface area contributed by atoms with E-state index in [9.17, 15) is 14.4 Å². The van der Waals surface area contributed by atoms with E-state index >= 15 is 0 Å². The number of carbonyl (C=O) groups excluding carboxylic acids is 3. The van der Waals surface area contributed by atoms with Crippen LogP contribution in [-0.4, -0.2) is 17.6 Å². The molecular weight excluding hydrogens is 351 g/mol. The van der Waals surface area contributed by atoms with Gasteiger partial charge in [0.15, 0.2) is 5.78 Å². The number of rotatable bonds is 5. The van der Waals surface area contributed by atoms with Crippen LogP contribution in [-0.2, 0) is 9.59 Å². The lowest BCUT2D eigenvalue weighted by Gasteiger charge is -2.09. The van der Waals surface area contributed by atoms with Gasteiger partial charge in [-0.25, -0.2) is 0 Å². The summed E-state index contributed by atoms with van der Waals surface area (Å²) in [6, 6.07) is 11.1. The molecule has 0 spiro atoms. The van der Waals surface area contributed by atoms with E-state index in [4.69, 9.17) is 23.2 Å². The lowest BCUT2D eigenvalue weighted by Crippen LogP contribution is -2.21. The van der Waals surface area contributed by atoms with Gasteiger partial charge < -0.3 is 10.6 Å². The van der Waals surface area contributed by atoms with Crippen molar-refractivity contribution in [3.63, 3.8) is 0 Å². The molecule has 2 rings (SSSR count). The van der Waals surface area contributed by atoms with Crippen LogP contribution in [0.2, 0.25) is 10.0 Å². The lowest BCUT2D eigenvalue weighted by atomic mass is 10.1. The van der Waals surface area contributed by atoms with Gasteiger partial charge in [-0.3, -0.25) is 14.4 Å². The molecule has 0 aliphatic carbocycles. The maximum atomic E-state index is 11.9. The number of nitrogens with one attached hydrogen (secondary N) is 2. The van der Waals surface area contributed by atoms with Gasteiger partial charge in [0.1, 0.15) is 6.42 Å². The fourth-order valence-corrected chi connectivity index (χ4v) is 2.29. The maximum Gasteiger partial charge on any atom is 0.233 e. The molecule has 0 atom stereocenters. The summed E-state index contributed by atoms with van der Waals surface area (Å²) in [5, 5.41) is 5.83. The molecule has 0 saturated carbocycles. The van der Waals surface area contributed by atoms with Crippen molar-refractivity contribution in [2.75, 3.05) is 10.6 Å². The second-order valence-electron chi connectivity index (χ2n) is 5.03. The zero-order valence-corrected chi connectivity index (χ0v) is 14.2. The molecular formula is C17H14Cl2N2O3. The van der Waals surface area contributed by atoms with Crippen LogP contribution < -0.4 is 10.6 Å². The minimum absolute atomic E-state index is 0.112. The molecule has 2 amide bonds. The average molecular weight is 365 g/mol. The van der Waals surface area contributed by atoms with Crippen molar-refractivity contribution < 1.29 is 14.4 Å². The fraction of sp³-hybridized carbons (Fsp3) is 0.118. The normalized spacial score (nSPS) is 10.1. The number of Topliss-reactive ketones (excluding diaryl/α,β-unsaturated/α-hetero) is 1. The first-order valence-electron chi connectivity index (χ1n) is 7.01. The van der Waals surface area contributed by atoms with Crippen LogP contribution >= 0.6 is 23.2 Å². The van der Waals surface area contributed by atoms with Crippen LogP contribution in [0.15, 0.2) is 42.5 Å². The molecule has 0 radical (unpaired) electrons. The SMILES string of the molecule is CC(=O)c1cccc(NC(=O)CC(=O)Nc2cc(Cl)ccc2Cl)c1. The summed E-state index contributed by atoms with van der Waals surface area (Å²) in [6.07, 6.45) is -0.396. The Labute approximate surface area is 149 Å². The second kappa shape index (κ2) is 7.95. The van der Waals surface area contributed by atoms with Gasteiger partial charge >= 0.3 is 0 Å². The highest BCUT2D eigenvalue weighted by Crippen LogP contribution is 2.25. The molecule has 2 N–H and O–H groups in total. The van der Waals surface area contributed by atoms with Crippen LogP contribution in [0.25, 0.3) is 0 Å². The molecule has 0 bridgehead atoms. The molecule has 0 heterocycles. The minimum Gasteiger partial charge on any atom is -0.326 e. The highest BCUT2D eigenvalue weighted by molar-refractivity contribution is 6.35. The topological polar surface area (TPSA) is 75.3 Å². The fourth-order valence-electron chi connectivity index (χ4n) is 1.95. The molecule has 0 aromatic heterocycles. The van der Waals surface area contributed by atoms with Crippen molar-refractivity contribution in [2.24, 2.45) is 0 Å². The van der Waals surface area contributed by atoms with Gasteiger partial charge in [-0.15, -0.1) is 0 Å². The number of benzene rings is 2. The highest BCUT2D eigenvalue weighted by atomic mass is 35.5. The average Bonchev–Trinajstić information content (AvgIpc) is 2.51. The summed E-state index contributed by atoms with van der Waals surface area (Å²) in [4.78, 5) is 35.2. The Bertz CT molecular complexity index is 806. The Hall–Kier alpha value is -2.37. The zero-order chi connectivity index (χ0) is 17.7. The van der Waals surface area contributed by atoms with E-state index in [1.165, 1.54) is 13.0 Å². The summed E-state index contributed by atoms with van der Waals surface area (Å²) in [5.41, 5.74) is 1.25. The minimum atomic E-state index is -0.528. The first-order valence-corrected chi connectivity index (χ1v) is 7.76. The predicted octanol–water partition coefficient (Wildman–Crippen LogP) is 4.16. The Balaban J connectivity index is 1.97. The first-order chi connectivity index (χ1) is 11.3. The third-order valence-corrected chi connectivity index (χ3v) is 3.64. The van der Waals surface area contributed by atoms with Crippen molar-refractivity contribution in [2.45, 2.75) is 13.3 Å². The number of hydrogen-bond acceptors (Lipinski definition) is 3. The molecule has 124 valence electrons. The van der Waals surface area contributed by atoms with E-state index in [0.29, 0.717) is 27.0 Å².